The average molecular weight is 437 g/mol. The van der Waals surface area contributed by atoms with E-state index in [4.69, 9.17) is 33.7 Å². The summed E-state index contributed by atoms with van der Waals surface area (Å²) in [6, 6.07) is 12.2. The van der Waals surface area contributed by atoms with E-state index in [1.54, 1.807) is 30.3 Å². The molecular weight excluding hydrogens is 419 g/mol. The first-order chi connectivity index (χ1) is 13.3. The number of aliphatic imine (C=N–C) groups is 1. The second kappa shape index (κ2) is 8.68. The summed E-state index contributed by atoms with van der Waals surface area (Å²) in [5, 5.41) is 4.75. The number of rotatable bonds is 6. The quantitative estimate of drug-likeness (QED) is 0.356. The van der Waals surface area contributed by atoms with E-state index < -0.39 is 0 Å². The van der Waals surface area contributed by atoms with Gasteiger partial charge in [0.05, 0.1) is 5.02 Å². The van der Waals surface area contributed by atoms with E-state index in [1.165, 1.54) is 11.5 Å². The number of hydrogen-bond acceptors (Lipinski definition) is 5. The molecule has 1 heterocycles. The molecule has 0 amide bonds. The second-order valence-corrected chi connectivity index (χ2v) is 7.83. The van der Waals surface area contributed by atoms with Crippen LogP contribution in [0.15, 0.2) is 52.3 Å². The Labute approximate surface area is 176 Å². The first-order valence-corrected chi connectivity index (χ1v) is 9.96. The highest BCUT2D eigenvalue weighted by Crippen LogP contribution is 2.32. The van der Waals surface area contributed by atoms with Crippen LogP contribution < -0.4 is 21.3 Å². The number of ether oxygens (including phenoxy) is 1. The minimum absolute atomic E-state index is 0.0109. The molecule has 0 bridgehead atoms. The Balaban J connectivity index is 1.78. The highest BCUT2D eigenvalue weighted by molar-refractivity contribution is 7.10. The number of benzene rings is 2. The molecule has 0 saturated heterocycles. The molecule has 0 atom stereocenters. The largest absolute Gasteiger partial charge is 0.456 e. The summed E-state index contributed by atoms with van der Waals surface area (Å²) in [7, 11) is 0. The van der Waals surface area contributed by atoms with Gasteiger partial charge in [-0.2, -0.15) is 0 Å². The van der Waals surface area contributed by atoms with Crippen molar-refractivity contribution in [1.82, 2.24) is 4.37 Å². The van der Waals surface area contributed by atoms with Crippen LogP contribution in [0.5, 0.6) is 11.5 Å². The van der Waals surface area contributed by atoms with Gasteiger partial charge in [-0.1, -0.05) is 23.2 Å². The number of hydrogen-bond donors (Lipinski definition) is 3. The van der Waals surface area contributed by atoms with Crippen LogP contribution in [0.1, 0.15) is 19.4 Å². The standard InChI is InChI=1S/C19H18Cl2N4O2S/c1-10(2)23-17(22)16-18(26)25-28-19(16)24-12-4-6-13(7-5-12)27-15-8-3-11(20)9-14(15)21/h3-10,24H,1-2H3,(H2,22,23)(H,25,26). The van der Waals surface area contributed by atoms with Crippen LogP contribution in [-0.2, 0) is 0 Å². The van der Waals surface area contributed by atoms with E-state index in [-0.39, 0.29) is 17.4 Å². The molecule has 4 N–H and O–H groups in total. The number of nitrogens with two attached hydrogens (primary N) is 1. The number of H-pyrrole nitrogens is 1. The number of halogens is 2. The lowest BCUT2D eigenvalue weighted by molar-refractivity contribution is 0.483. The third-order valence-electron chi connectivity index (χ3n) is 3.59. The maximum atomic E-state index is 12.1. The summed E-state index contributed by atoms with van der Waals surface area (Å²) in [5.41, 5.74) is 6.82. The number of nitrogens with one attached hydrogen (secondary N) is 2. The highest BCUT2D eigenvalue weighted by Gasteiger charge is 2.15. The molecule has 0 saturated carbocycles. The van der Waals surface area contributed by atoms with Crippen LogP contribution in [0, 0.1) is 0 Å². The normalized spacial score (nSPS) is 11.7. The molecule has 3 rings (SSSR count). The van der Waals surface area contributed by atoms with E-state index in [9.17, 15) is 4.79 Å². The fraction of sp³-hybridized carbons (Fsp3) is 0.158. The number of nitrogens with zero attached hydrogens (tertiary/aromatic N) is 1. The Kier molecular flexibility index (Phi) is 6.28. The lowest BCUT2D eigenvalue weighted by Gasteiger charge is -2.10. The van der Waals surface area contributed by atoms with Gasteiger partial charge in [-0.25, -0.2) is 0 Å². The molecule has 0 aliphatic heterocycles. The number of anilines is 2. The molecule has 9 heteroatoms. The Morgan fingerprint density at radius 1 is 1.21 bits per heavy atom. The predicted molar refractivity (Wildman–Crippen MR) is 117 cm³/mol. The molecule has 0 fully saturated rings. The fourth-order valence-corrected chi connectivity index (χ4v) is 3.60. The van der Waals surface area contributed by atoms with E-state index in [0.29, 0.717) is 32.1 Å². The van der Waals surface area contributed by atoms with Crippen LogP contribution >= 0.6 is 34.7 Å². The first kappa shape index (κ1) is 20.3. The third kappa shape index (κ3) is 4.86. The van der Waals surface area contributed by atoms with E-state index >= 15 is 0 Å². The van der Waals surface area contributed by atoms with Crippen molar-refractivity contribution >= 4 is 51.3 Å². The highest BCUT2D eigenvalue weighted by atomic mass is 35.5. The summed E-state index contributed by atoms with van der Waals surface area (Å²) in [6.07, 6.45) is 0. The lowest BCUT2D eigenvalue weighted by atomic mass is 10.2. The first-order valence-electron chi connectivity index (χ1n) is 8.38. The van der Waals surface area contributed by atoms with Crippen LogP contribution in [0.3, 0.4) is 0 Å². The summed E-state index contributed by atoms with van der Waals surface area (Å²) >= 11 is 13.2. The van der Waals surface area contributed by atoms with Crippen LogP contribution in [0.2, 0.25) is 10.0 Å². The molecule has 1 aromatic heterocycles. The zero-order valence-corrected chi connectivity index (χ0v) is 17.5. The van der Waals surface area contributed by atoms with Crippen molar-refractivity contribution in [3.63, 3.8) is 0 Å². The lowest BCUT2D eigenvalue weighted by Crippen LogP contribution is -2.23. The molecule has 146 valence electrons. The summed E-state index contributed by atoms with van der Waals surface area (Å²) in [5.74, 6) is 1.33. The molecular formula is C19H18Cl2N4O2S. The van der Waals surface area contributed by atoms with Gasteiger partial charge in [0.15, 0.2) is 0 Å². The molecule has 0 radical (unpaired) electrons. The van der Waals surface area contributed by atoms with Crippen LogP contribution in [0.4, 0.5) is 10.7 Å². The fourth-order valence-electron chi connectivity index (χ4n) is 2.39. The van der Waals surface area contributed by atoms with Crippen molar-refractivity contribution < 1.29 is 4.74 Å². The molecule has 2 aromatic carbocycles. The van der Waals surface area contributed by atoms with Gasteiger partial charge in [0.1, 0.15) is 27.9 Å². The predicted octanol–water partition coefficient (Wildman–Crippen LogP) is 5.39. The van der Waals surface area contributed by atoms with E-state index in [1.807, 2.05) is 26.0 Å². The van der Waals surface area contributed by atoms with Crippen molar-refractivity contribution in [3.8, 4) is 11.5 Å². The van der Waals surface area contributed by atoms with Gasteiger partial charge in [-0.05, 0) is 67.8 Å². The maximum absolute atomic E-state index is 12.1. The Hall–Kier alpha value is -2.48. The molecule has 0 unspecified atom stereocenters. The minimum Gasteiger partial charge on any atom is -0.456 e. The summed E-state index contributed by atoms with van der Waals surface area (Å²) in [6.45, 7) is 3.79. The van der Waals surface area contributed by atoms with Gasteiger partial charge in [0.2, 0.25) is 0 Å². The van der Waals surface area contributed by atoms with Crippen LogP contribution in [0.25, 0.3) is 0 Å². The van der Waals surface area contributed by atoms with Crippen molar-refractivity contribution in [2.75, 3.05) is 5.32 Å². The maximum Gasteiger partial charge on any atom is 0.271 e. The number of aromatic amines is 1. The zero-order valence-electron chi connectivity index (χ0n) is 15.1. The van der Waals surface area contributed by atoms with Gasteiger partial charge in [0, 0.05) is 16.8 Å². The Bertz CT molecular complexity index is 1060. The van der Waals surface area contributed by atoms with Gasteiger partial charge in [-0.3, -0.25) is 14.2 Å². The van der Waals surface area contributed by atoms with E-state index in [2.05, 4.69) is 14.7 Å². The van der Waals surface area contributed by atoms with E-state index in [0.717, 1.165) is 5.69 Å². The second-order valence-electron chi connectivity index (χ2n) is 6.17. The summed E-state index contributed by atoms with van der Waals surface area (Å²) < 4.78 is 8.45. The van der Waals surface area contributed by atoms with Gasteiger partial charge < -0.3 is 15.8 Å². The number of amidine groups is 1. The Morgan fingerprint density at radius 3 is 2.57 bits per heavy atom. The topological polar surface area (TPSA) is 92.5 Å². The van der Waals surface area contributed by atoms with Crippen molar-refractivity contribution in [3.05, 3.63) is 68.4 Å². The molecule has 28 heavy (non-hydrogen) atoms. The third-order valence-corrected chi connectivity index (χ3v) is 4.92. The van der Waals surface area contributed by atoms with Crippen molar-refractivity contribution in [1.29, 1.82) is 0 Å². The zero-order chi connectivity index (χ0) is 20.3. The van der Waals surface area contributed by atoms with Crippen molar-refractivity contribution in [2.45, 2.75) is 19.9 Å². The van der Waals surface area contributed by atoms with Gasteiger partial charge >= 0.3 is 0 Å². The van der Waals surface area contributed by atoms with Crippen LogP contribution in [-0.4, -0.2) is 16.3 Å². The molecule has 0 aliphatic rings. The van der Waals surface area contributed by atoms with Gasteiger partial charge in [-0.15, -0.1) is 0 Å². The van der Waals surface area contributed by atoms with Crippen molar-refractivity contribution in [2.24, 2.45) is 10.7 Å². The summed E-state index contributed by atoms with van der Waals surface area (Å²) in [4.78, 5) is 16.3. The monoisotopic (exact) mass is 436 g/mol. The molecule has 0 aliphatic carbocycles. The molecule has 3 aromatic rings. The Morgan fingerprint density at radius 2 is 1.93 bits per heavy atom. The van der Waals surface area contributed by atoms with Gasteiger partial charge in [0.25, 0.3) is 5.56 Å². The number of aromatic nitrogens is 1. The SMILES string of the molecule is CC(C)N=C(N)c1c(Nc2ccc(Oc3ccc(Cl)cc3Cl)cc2)s[nH]c1=O. The minimum atomic E-state index is -0.272. The smallest absolute Gasteiger partial charge is 0.271 e. The average Bonchev–Trinajstić information content (AvgIpc) is 2.99. The molecule has 0 spiro atoms. The molecule has 6 nitrogen and oxygen atoms in total.